The number of ether oxygens (including phenoxy) is 4. The van der Waals surface area contributed by atoms with Gasteiger partial charge in [0.25, 0.3) is 0 Å². The number of benzene rings is 4. The molecule has 0 saturated heterocycles. The number of para-hydroxylation sites is 2. The Hall–Kier alpha value is -4.58. The molecule has 0 aliphatic rings. The zero-order chi connectivity index (χ0) is 32.2. The van der Waals surface area contributed by atoms with Crippen LogP contribution >= 0.6 is 0 Å². The van der Waals surface area contributed by atoms with Crippen LogP contribution in [0.5, 0.6) is 23.0 Å². The third-order valence-corrected chi connectivity index (χ3v) is 6.62. The first-order valence-corrected chi connectivity index (χ1v) is 14.7. The van der Waals surface area contributed by atoms with Crippen LogP contribution in [-0.2, 0) is 5.41 Å². The van der Waals surface area contributed by atoms with Gasteiger partial charge in [0.1, 0.15) is 23.0 Å². The fourth-order valence-electron chi connectivity index (χ4n) is 4.49. The predicted octanol–water partition coefficient (Wildman–Crippen LogP) is 10.5. The second-order valence-corrected chi connectivity index (χ2v) is 10.0. The molecule has 4 aromatic carbocycles. The zero-order valence-corrected chi connectivity index (χ0v) is 27.0. The van der Waals surface area contributed by atoms with E-state index in [1.165, 1.54) is 0 Å². The Labute approximate surface area is 256 Å². The van der Waals surface area contributed by atoms with E-state index in [0.717, 1.165) is 33.4 Å². The monoisotopic (exact) mass is 584 g/mol. The molecule has 228 valence electrons. The highest BCUT2D eigenvalue weighted by molar-refractivity contribution is 5.69. The van der Waals surface area contributed by atoms with Gasteiger partial charge in [0, 0.05) is 5.41 Å². The van der Waals surface area contributed by atoms with E-state index in [4.69, 9.17) is 18.9 Å². The quantitative estimate of drug-likeness (QED) is 0.166. The summed E-state index contributed by atoms with van der Waals surface area (Å²) in [5.74, 6) is 1.79. The lowest BCUT2D eigenvalue weighted by Crippen LogP contribution is -2.21. The summed E-state index contributed by atoms with van der Waals surface area (Å²) in [6, 6.07) is 25.7. The molecular formula is C37H44O6. The summed E-state index contributed by atoms with van der Waals surface area (Å²) in [5, 5.41) is 0. The van der Waals surface area contributed by atoms with Crippen LogP contribution in [0.1, 0.15) is 74.9 Å². The van der Waals surface area contributed by atoms with Gasteiger partial charge in [-0.3, -0.25) is 0 Å². The molecule has 0 spiro atoms. The average molecular weight is 585 g/mol. The van der Waals surface area contributed by atoms with Gasteiger partial charge in [0.15, 0.2) is 0 Å². The summed E-state index contributed by atoms with van der Waals surface area (Å²) >= 11 is 0. The SMILES string of the molecule is CC.CC.Cc1cc(C(C)(C)c2cc(C)c(OC(=O)Oc3ccccc3)c(C)c2)cc(C)c1OC(=O)Oc1ccccc1. The Kier molecular flexibility index (Phi) is 13.0. The number of aryl methyl sites for hydroxylation is 4. The maximum Gasteiger partial charge on any atom is 0.519 e. The third kappa shape index (κ3) is 9.20. The van der Waals surface area contributed by atoms with Gasteiger partial charge in [-0.1, -0.05) is 102 Å². The molecule has 4 aromatic rings. The second kappa shape index (κ2) is 16.2. The average Bonchev–Trinajstić information content (AvgIpc) is 2.99. The lowest BCUT2D eigenvalue weighted by atomic mass is 9.76. The zero-order valence-electron chi connectivity index (χ0n) is 27.0. The number of hydrogen-bond donors (Lipinski definition) is 0. The molecule has 43 heavy (non-hydrogen) atoms. The maximum atomic E-state index is 12.4. The summed E-state index contributed by atoms with van der Waals surface area (Å²) in [7, 11) is 0. The maximum absolute atomic E-state index is 12.4. The van der Waals surface area contributed by atoms with Crippen molar-refractivity contribution in [3.05, 3.63) is 118 Å². The summed E-state index contributed by atoms with van der Waals surface area (Å²) in [6.07, 6.45) is -1.57. The largest absolute Gasteiger partial charge is 0.519 e. The number of rotatable bonds is 6. The summed E-state index contributed by atoms with van der Waals surface area (Å²) in [6.45, 7) is 19.9. The molecule has 0 aliphatic heterocycles. The molecule has 0 saturated carbocycles. The van der Waals surface area contributed by atoms with Gasteiger partial charge in [0.05, 0.1) is 0 Å². The molecule has 0 aromatic heterocycles. The molecule has 0 amide bonds. The number of carbonyl (C=O) groups excluding carboxylic acids is 2. The molecule has 0 bridgehead atoms. The van der Waals surface area contributed by atoms with Gasteiger partial charge in [-0.25, -0.2) is 9.59 Å². The van der Waals surface area contributed by atoms with E-state index in [-0.39, 0.29) is 0 Å². The van der Waals surface area contributed by atoms with Crippen molar-refractivity contribution in [3.8, 4) is 23.0 Å². The molecule has 4 rings (SSSR count). The lowest BCUT2D eigenvalue weighted by Gasteiger charge is -2.29. The Balaban J connectivity index is 0.00000155. The highest BCUT2D eigenvalue weighted by atomic mass is 16.7. The number of carbonyl (C=O) groups is 2. The van der Waals surface area contributed by atoms with Gasteiger partial charge >= 0.3 is 12.3 Å². The number of hydrogen-bond acceptors (Lipinski definition) is 6. The van der Waals surface area contributed by atoms with Crippen molar-refractivity contribution < 1.29 is 28.5 Å². The minimum atomic E-state index is -0.785. The van der Waals surface area contributed by atoms with E-state index in [2.05, 4.69) is 13.8 Å². The molecule has 0 heterocycles. The Morgan fingerprint density at radius 2 is 0.767 bits per heavy atom. The van der Waals surface area contributed by atoms with Gasteiger partial charge in [-0.05, 0) is 85.3 Å². The summed E-state index contributed by atoms with van der Waals surface area (Å²) in [4.78, 5) is 24.8. The Morgan fingerprint density at radius 3 is 1.05 bits per heavy atom. The summed E-state index contributed by atoms with van der Waals surface area (Å²) < 4.78 is 21.7. The van der Waals surface area contributed by atoms with Gasteiger partial charge in [-0.2, -0.15) is 0 Å². The van der Waals surface area contributed by atoms with Crippen molar-refractivity contribution in [2.45, 2.75) is 74.7 Å². The fourth-order valence-corrected chi connectivity index (χ4v) is 4.49. The highest BCUT2D eigenvalue weighted by Gasteiger charge is 2.27. The van der Waals surface area contributed by atoms with E-state index < -0.39 is 17.7 Å². The van der Waals surface area contributed by atoms with Crippen LogP contribution in [0, 0.1) is 27.7 Å². The van der Waals surface area contributed by atoms with Crippen LogP contribution in [0.15, 0.2) is 84.9 Å². The van der Waals surface area contributed by atoms with Crippen LogP contribution in [0.2, 0.25) is 0 Å². The smallest absolute Gasteiger partial charge is 0.395 e. The van der Waals surface area contributed by atoms with Crippen LogP contribution in [0.3, 0.4) is 0 Å². The van der Waals surface area contributed by atoms with E-state index in [9.17, 15) is 9.59 Å². The van der Waals surface area contributed by atoms with Crippen LogP contribution in [0.4, 0.5) is 9.59 Å². The minimum Gasteiger partial charge on any atom is -0.395 e. The first-order valence-electron chi connectivity index (χ1n) is 14.7. The van der Waals surface area contributed by atoms with E-state index in [1.807, 2.05) is 91.8 Å². The molecule has 0 aliphatic carbocycles. The summed E-state index contributed by atoms with van der Waals surface area (Å²) in [5.41, 5.74) is 4.99. The van der Waals surface area contributed by atoms with Crippen molar-refractivity contribution in [1.82, 2.24) is 0 Å². The highest BCUT2D eigenvalue weighted by Crippen LogP contribution is 2.38. The van der Waals surface area contributed by atoms with Crippen LogP contribution in [0.25, 0.3) is 0 Å². The predicted molar refractivity (Wildman–Crippen MR) is 173 cm³/mol. The molecule has 0 radical (unpaired) electrons. The molecular weight excluding hydrogens is 540 g/mol. The van der Waals surface area contributed by atoms with Crippen molar-refractivity contribution in [2.75, 3.05) is 0 Å². The first-order chi connectivity index (χ1) is 20.5. The minimum absolute atomic E-state index is 0.392. The topological polar surface area (TPSA) is 71.1 Å². The van der Waals surface area contributed by atoms with Gasteiger partial charge < -0.3 is 18.9 Å². The van der Waals surface area contributed by atoms with E-state index in [0.29, 0.717) is 23.0 Å². The van der Waals surface area contributed by atoms with E-state index >= 15 is 0 Å². The molecule has 6 nitrogen and oxygen atoms in total. The van der Waals surface area contributed by atoms with Gasteiger partial charge in [-0.15, -0.1) is 0 Å². The molecule has 0 atom stereocenters. The van der Waals surface area contributed by atoms with Crippen molar-refractivity contribution >= 4 is 12.3 Å². The Bertz CT molecular complexity index is 1330. The normalized spacial score (nSPS) is 10.3. The molecule has 0 fully saturated rings. The van der Waals surface area contributed by atoms with E-state index in [1.54, 1.807) is 48.5 Å². The third-order valence-electron chi connectivity index (χ3n) is 6.62. The molecule has 6 heteroatoms. The van der Waals surface area contributed by atoms with Crippen molar-refractivity contribution in [3.63, 3.8) is 0 Å². The fraction of sp³-hybridized carbons (Fsp3) is 0.297. The van der Waals surface area contributed by atoms with Crippen molar-refractivity contribution in [1.29, 1.82) is 0 Å². The molecule has 0 unspecified atom stereocenters. The van der Waals surface area contributed by atoms with Gasteiger partial charge in [0.2, 0.25) is 0 Å². The lowest BCUT2D eigenvalue weighted by molar-refractivity contribution is 0.150. The standard InChI is InChI=1S/C33H32O6.2C2H6/c1-21-17-25(18-22(2)29(21)38-31(34)36-27-13-9-7-10-14-27)33(5,6)26-19-23(3)30(24(4)20-26)39-32(35)37-28-15-11-8-12-16-28;2*1-2/h7-20H,1-6H3;2*1-2H3. The first kappa shape index (κ1) is 34.6. The second-order valence-electron chi connectivity index (χ2n) is 10.0. The molecule has 0 N–H and O–H groups in total. The van der Waals surface area contributed by atoms with Crippen LogP contribution in [-0.4, -0.2) is 12.3 Å². The Morgan fingerprint density at radius 1 is 0.488 bits per heavy atom. The van der Waals surface area contributed by atoms with Crippen molar-refractivity contribution in [2.24, 2.45) is 0 Å². The van der Waals surface area contributed by atoms with Crippen LogP contribution < -0.4 is 18.9 Å².